The highest BCUT2D eigenvalue weighted by Crippen LogP contribution is 2.22. The summed E-state index contributed by atoms with van der Waals surface area (Å²) in [4.78, 5) is 24.2. The first-order valence-electron chi connectivity index (χ1n) is 7.59. The second-order valence-corrected chi connectivity index (χ2v) is 4.79. The van der Waals surface area contributed by atoms with Crippen molar-refractivity contribution in [2.75, 3.05) is 26.1 Å². The third-order valence-electron chi connectivity index (χ3n) is 3.54. The fourth-order valence-electron chi connectivity index (χ4n) is 2.41. The number of hydrogen-bond donors (Lipinski definition) is 1. The van der Waals surface area contributed by atoms with E-state index < -0.39 is 11.4 Å². The van der Waals surface area contributed by atoms with Crippen LogP contribution in [0.5, 0.6) is 0 Å². The van der Waals surface area contributed by atoms with Gasteiger partial charge in [0.1, 0.15) is 0 Å². The number of carbonyl (C=O) groups is 1. The first-order valence-corrected chi connectivity index (χ1v) is 6.59. The molecule has 2 N–H and O–H groups in total. The minimum atomic E-state index is -1.54. The molecule has 0 aromatic heterocycles. The van der Waals surface area contributed by atoms with Gasteiger partial charge in [0.15, 0.2) is 5.78 Å². The summed E-state index contributed by atoms with van der Waals surface area (Å²) < 4.78 is 15.6. The number of carbonyl (C=O) groups excluding carboxylic acids is 1. The Morgan fingerprint density at radius 3 is 2.50 bits per heavy atom. The van der Waals surface area contributed by atoms with Crippen LogP contribution in [0.15, 0.2) is 24.3 Å². The predicted molar refractivity (Wildman–Crippen MR) is 75.6 cm³/mol. The summed E-state index contributed by atoms with van der Waals surface area (Å²) in [5.74, 6) is -0.214. The van der Waals surface area contributed by atoms with Gasteiger partial charge in [-0.1, -0.05) is 0 Å². The second-order valence-electron chi connectivity index (χ2n) is 4.79. The summed E-state index contributed by atoms with van der Waals surface area (Å²) in [6.45, 7) is -0.656. The summed E-state index contributed by atoms with van der Waals surface area (Å²) in [7, 11) is 0. The molecule has 6 heteroatoms. The highest BCUT2D eigenvalue weighted by molar-refractivity contribution is 5.98. The van der Waals surface area contributed by atoms with Crippen LogP contribution >= 0.6 is 0 Å². The molecular formula is C14H19N3O3. The monoisotopic (exact) mass is 279 g/mol. The molecule has 2 rings (SSSR count). The van der Waals surface area contributed by atoms with Gasteiger partial charge in [-0.3, -0.25) is 14.9 Å². The fourth-order valence-corrected chi connectivity index (χ4v) is 2.41. The number of benzene rings is 1. The van der Waals surface area contributed by atoms with Crippen molar-refractivity contribution in [3.8, 4) is 0 Å². The van der Waals surface area contributed by atoms with Crippen molar-refractivity contribution in [1.82, 2.24) is 4.90 Å². The highest BCUT2D eigenvalue weighted by Gasteiger charge is 2.25. The van der Waals surface area contributed by atoms with E-state index in [9.17, 15) is 14.9 Å². The quantitative estimate of drug-likeness (QED) is 0.500. The van der Waals surface area contributed by atoms with Crippen LogP contribution < -0.4 is 5.73 Å². The predicted octanol–water partition coefficient (Wildman–Crippen LogP) is 1.45. The molecule has 0 unspecified atom stereocenters. The Labute approximate surface area is 120 Å². The Kier molecular flexibility index (Phi) is 3.95. The molecule has 1 heterocycles. The summed E-state index contributed by atoms with van der Waals surface area (Å²) in [5, 5.41) is 10.6. The maximum atomic E-state index is 12.4. The Balaban J connectivity index is 1.99. The second kappa shape index (κ2) is 6.58. The van der Waals surface area contributed by atoms with E-state index in [0.29, 0.717) is 31.5 Å². The third-order valence-corrected chi connectivity index (χ3v) is 3.54. The number of nitrogens with zero attached hydrogens (tertiary/aromatic N) is 2. The van der Waals surface area contributed by atoms with Gasteiger partial charge in [0, 0.05) is 39.4 Å². The molecule has 108 valence electrons. The van der Waals surface area contributed by atoms with Crippen LogP contribution in [0.25, 0.3) is 0 Å². The number of piperidine rings is 1. The van der Waals surface area contributed by atoms with E-state index >= 15 is 0 Å². The average Bonchev–Trinajstić information content (AvgIpc) is 2.54. The Morgan fingerprint density at radius 2 is 2.00 bits per heavy atom. The lowest BCUT2D eigenvalue weighted by Crippen LogP contribution is -2.39. The maximum absolute atomic E-state index is 12.4. The zero-order valence-electron chi connectivity index (χ0n) is 13.1. The molecule has 0 radical (unpaired) electrons. The number of hydrogen-bond acceptors (Lipinski definition) is 5. The van der Waals surface area contributed by atoms with Crippen molar-refractivity contribution in [2.45, 2.75) is 12.8 Å². The van der Waals surface area contributed by atoms with Gasteiger partial charge in [0.25, 0.3) is 5.69 Å². The van der Waals surface area contributed by atoms with E-state index in [-0.39, 0.29) is 23.9 Å². The molecule has 1 fully saturated rings. The van der Waals surface area contributed by atoms with Crippen LogP contribution in [0.1, 0.15) is 25.9 Å². The van der Waals surface area contributed by atoms with Crippen LogP contribution in [0.3, 0.4) is 0 Å². The van der Waals surface area contributed by atoms with Gasteiger partial charge in [0.05, 0.1) is 4.92 Å². The summed E-state index contributed by atoms with van der Waals surface area (Å²) in [6.07, 6.45) is 1.13. The number of nitrogens with two attached hydrogens (primary N) is 1. The lowest BCUT2D eigenvalue weighted by Gasteiger charge is -2.30. The van der Waals surface area contributed by atoms with E-state index in [2.05, 4.69) is 0 Å². The van der Waals surface area contributed by atoms with Gasteiger partial charge < -0.3 is 10.6 Å². The number of nitro groups is 1. The molecule has 0 saturated carbocycles. The zero-order valence-corrected chi connectivity index (χ0v) is 11.1. The fraction of sp³-hybridized carbons (Fsp3) is 0.500. The molecule has 0 atom stereocenters. The Morgan fingerprint density at radius 1 is 1.40 bits per heavy atom. The summed E-state index contributed by atoms with van der Waals surface area (Å²) in [5.41, 5.74) is 5.85. The number of ketones is 1. The average molecular weight is 279 g/mol. The number of non-ortho nitro benzene ring substituents is 1. The molecule has 0 amide bonds. The Bertz CT molecular complexity index is 555. The lowest BCUT2D eigenvalue weighted by molar-refractivity contribution is -0.384. The number of likely N-dealkylation sites (tertiary alicyclic amines) is 1. The molecule has 20 heavy (non-hydrogen) atoms. The van der Waals surface area contributed by atoms with Gasteiger partial charge >= 0.3 is 0 Å². The smallest absolute Gasteiger partial charge is 0.269 e. The van der Waals surface area contributed by atoms with Crippen molar-refractivity contribution < 1.29 is 12.5 Å². The van der Waals surface area contributed by atoms with Gasteiger partial charge in [0.2, 0.25) is 0 Å². The molecular weight excluding hydrogens is 258 g/mol. The van der Waals surface area contributed by atoms with E-state index in [1.54, 1.807) is 4.90 Å². The number of nitro benzene ring substituents is 1. The third kappa shape index (κ3) is 3.40. The largest absolute Gasteiger partial charge is 0.329 e. The molecule has 1 aromatic rings. The molecule has 0 bridgehead atoms. The normalized spacial score (nSPS) is 19.2. The van der Waals surface area contributed by atoms with Crippen LogP contribution in [0, 0.1) is 16.0 Å². The van der Waals surface area contributed by atoms with Gasteiger partial charge in [-0.05, 0) is 38.1 Å². The molecule has 0 spiro atoms. The zero-order chi connectivity index (χ0) is 16.3. The van der Waals surface area contributed by atoms with Crippen molar-refractivity contribution in [3.63, 3.8) is 0 Å². The van der Waals surface area contributed by atoms with Crippen LogP contribution in [-0.2, 0) is 0 Å². The van der Waals surface area contributed by atoms with E-state index in [1.807, 2.05) is 0 Å². The van der Waals surface area contributed by atoms with E-state index in [0.717, 1.165) is 0 Å². The standard InChI is InChI=1S/C14H19N3O3/c15-7-10-16-8-5-12(6-9-16)14(18)11-1-3-13(4-2-11)17(19)20/h1-4,12H,5-10,15H2/i10D2. The SMILES string of the molecule is [2H]C([2H])(CN)N1CCC(C(=O)c2ccc([N+](=O)[O-])cc2)CC1. The van der Waals surface area contributed by atoms with Crippen LogP contribution in [-0.4, -0.2) is 41.7 Å². The lowest BCUT2D eigenvalue weighted by atomic mass is 9.89. The number of rotatable bonds is 5. The summed E-state index contributed by atoms with van der Waals surface area (Å²) in [6, 6.07) is 5.61. The number of Topliss-reactive ketones (excluding diaryl/α,β-unsaturated/α-hetero) is 1. The molecule has 1 saturated heterocycles. The minimum absolute atomic E-state index is 0.0390. The van der Waals surface area contributed by atoms with Crippen molar-refractivity contribution >= 4 is 11.5 Å². The van der Waals surface area contributed by atoms with Crippen molar-refractivity contribution in [1.29, 1.82) is 0 Å². The topological polar surface area (TPSA) is 89.5 Å². The minimum Gasteiger partial charge on any atom is -0.329 e. The van der Waals surface area contributed by atoms with Gasteiger partial charge in [-0.15, -0.1) is 0 Å². The van der Waals surface area contributed by atoms with Gasteiger partial charge in [-0.25, -0.2) is 0 Å². The molecule has 1 aromatic carbocycles. The van der Waals surface area contributed by atoms with E-state index in [1.165, 1.54) is 24.3 Å². The van der Waals surface area contributed by atoms with Crippen LogP contribution in [0.4, 0.5) is 5.69 Å². The maximum Gasteiger partial charge on any atom is 0.269 e. The highest BCUT2D eigenvalue weighted by atomic mass is 16.6. The first-order chi connectivity index (χ1) is 10.3. The molecule has 6 nitrogen and oxygen atoms in total. The summed E-state index contributed by atoms with van der Waals surface area (Å²) >= 11 is 0. The van der Waals surface area contributed by atoms with Crippen molar-refractivity contribution in [3.05, 3.63) is 39.9 Å². The van der Waals surface area contributed by atoms with Crippen LogP contribution in [0.2, 0.25) is 0 Å². The molecule has 0 aliphatic carbocycles. The van der Waals surface area contributed by atoms with E-state index in [4.69, 9.17) is 8.48 Å². The molecule has 1 aliphatic heterocycles. The first kappa shape index (κ1) is 12.0. The molecule has 1 aliphatic rings. The van der Waals surface area contributed by atoms with Crippen molar-refractivity contribution in [2.24, 2.45) is 11.7 Å². The van der Waals surface area contributed by atoms with Gasteiger partial charge in [-0.2, -0.15) is 0 Å². The Hall–Kier alpha value is -1.79.